The molecular formula is C22H24F2O3S. The average Bonchev–Trinajstić information content (AvgIpc) is 3.09. The largest absolute Gasteiger partial charge is 0.462 e. The van der Waals surface area contributed by atoms with E-state index in [9.17, 15) is 18.4 Å². The van der Waals surface area contributed by atoms with Gasteiger partial charge in [-0.25, -0.2) is 13.6 Å². The second kappa shape index (κ2) is 9.41. The highest BCUT2D eigenvalue weighted by molar-refractivity contribution is 7.10. The van der Waals surface area contributed by atoms with E-state index in [1.54, 1.807) is 6.92 Å². The predicted octanol–water partition coefficient (Wildman–Crippen LogP) is 5.61. The molecule has 1 heterocycles. The first-order chi connectivity index (χ1) is 13.5. The van der Waals surface area contributed by atoms with E-state index in [4.69, 9.17) is 4.74 Å². The predicted molar refractivity (Wildman–Crippen MR) is 105 cm³/mol. The Kier molecular flexibility index (Phi) is 6.94. The fraction of sp³-hybridized carbons (Fsp3) is 0.455. The topological polar surface area (TPSA) is 43.4 Å². The number of Topliss-reactive ketones (excluding diaryl/α,β-unsaturated/α-hetero) is 1. The van der Waals surface area contributed by atoms with Crippen LogP contribution in [-0.4, -0.2) is 18.4 Å². The van der Waals surface area contributed by atoms with Crippen molar-refractivity contribution in [3.8, 4) is 0 Å². The molecule has 0 aliphatic heterocycles. The SMILES string of the molecule is CCOC(=O)c1c(C2CCCCC2)csc1CC(=O)Cc1ccc(F)c(F)c1. The zero-order valence-electron chi connectivity index (χ0n) is 15.9. The normalized spacial score (nSPS) is 14.8. The molecule has 1 saturated carbocycles. The minimum absolute atomic E-state index is 0.00384. The number of rotatable bonds is 7. The first-order valence-corrected chi connectivity index (χ1v) is 10.6. The molecule has 0 unspecified atom stereocenters. The standard InChI is InChI=1S/C22H24F2O3S/c1-2-27-22(26)21-17(15-6-4-3-5-7-15)13-28-20(21)12-16(25)10-14-8-9-18(23)19(24)11-14/h8-9,11,13,15H,2-7,10,12H2,1H3. The van der Waals surface area contributed by atoms with Gasteiger partial charge in [-0.2, -0.15) is 0 Å². The highest BCUT2D eigenvalue weighted by Gasteiger charge is 2.27. The van der Waals surface area contributed by atoms with Crippen molar-refractivity contribution >= 4 is 23.1 Å². The minimum Gasteiger partial charge on any atom is -0.462 e. The summed E-state index contributed by atoms with van der Waals surface area (Å²) in [5, 5.41) is 1.99. The number of thiophene rings is 1. The van der Waals surface area contributed by atoms with E-state index in [2.05, 4.69) is 0 Å². The Morgan fingerprint density at radius 2 is 1.86 bits per heavy atom. The smallest absolute Gasteiger partial charge is 0.339 e. The van der Waals surface area contributed by atoms with Gasteiger partial charge in [-0.1, -0.05) is 25.3 Å². The zero-order chi connectivity index (χ0) is 20.1. The number of hydrogen-bond acceptors (Lipinski definition) is 4. The van der Waals surface area contributed by atoms with Crippen LogP contribution < -0.4 is 0 Å². The van der Waals surface area contributed by atoms with Gasteiger partial charge in [0.1, 0.15) is 5.78 Å². The van der Waals surface area contributed by atoms with Crippen LogP contribution in [0.3, 0.4) is 0 Å². The molecule has 1 aromatic carbocycles. The quantitative estimate of drug-likeness (QED) is 0.562. The lowest BCUT2D eigenvalue weighted by Gasteiger charge is -2.22. The molecule has 1 aliphatic rings. The number of halogens is 2. The highest BCUT2D eigenvalue weighted by Crippen LogP contribution is 2.38. The van der Waals surface area contributed by atoms with E-state index in [1.165, 1.54) is 23.8 Å². The van der Waals surface area contributed by atoms with Crippen LogP contribution in [0, 0.1) is 11.6 Å². The molecule has 1 aliphatic carbocycles. The van der Waals surface area contributed by atoms with Gasteiger partial charge in [0, 0.05) is 17.7 Å². The summed E-state index contributed by atoms with van der Waals surface area (Å²) in [6, 6.07) is 3.47. The number of esters is 1. The van der Waals surface area contributed by atoms with Gasteiger partial charge in [0.25, 0.3) is 0 Å². The van der Waals surface area contributed by atoms with Crippen molar-refractivity contribution in [3.63, 3.8) is 0 Å². The molecule has 2 aromatic rings. The number of hydrogen-bond donors (Lipinski definition) is 0. The Morgan fingerprint density at radius 1 is 1.11 bits per heavy atom. The summed E-state index contributed by atoms with van der Waals surface area (Å²) in [4.78, 5) is 25.8. The summed E-state index contributed by atoms with van der Waals surface area (Å²) in [5.74, 6) is -2.09. The summed E-state index contributed by atoms with van der Waals surface area (Å²) < 4.78 is 31.7. The molecule has 0 atom stereocenters. The second-order valence-electron chi connectivity index (χ2n) is 7.19. The maximum absolute atomic E-state index is 13.4. The number of carbonyl (C=O) groups excluding carboxylic acids is 2. The van der Waals surface area contributed by atoms with Gasteiger partial charge in [0.05, 0.1) is 12.2 Å². The van der Waals surface area contributed by atoms with E-state index in [0.717, 1.165) is 43.4 Å². The Labute approximate surface area is 167 Å². The molecule has 0 N–H and O–H groups in total. The van der Waals surface area contributed by atoms with Crippen LogP contribution in [0.4, 0.5) is 8.78 Å². The fourth-order valence-electron chi connectivity index (χ4n) is 3.81. The van der Waals surface area contributed by atoms with E-state index in [-0.39, 0.29) is 31.2 Å². The van der Waals surface area contributed by atoms with E-state index in [1.807, 2.05) is 5.38 Å². The fourth-order valence-corrected chi connectivity index (χ4v) is 4.95. The van der Waals surface area contributed by atoms with E-state index >= 15 is 0 Å². The van der Waals surface area contributed by atoms with Crippen molar-refractivity contribution in [2.75, 3.05) is 6.61 Å². The Hall–Kier alpha value is -2.08. The van der Waals surface area contributed by atoms with Crippen LogP contribution in [0.1, 0.15) is 71.3 Å². The molecule has 0 amide bonds. The lowest BCUT2D eigenvalue weighted by atomic mass is 9.83. The van der Waals surface area contributed by atoms with Crippen molar-refractivity contribution in [1.29, 1.82) is 0 Å². The number of ether oxygens (including phenoxy) is 1. The van der Waals surface area contributed by atoms with Crippen molar-refractivity contribution in [2.24, 2.45) is 0 Å². The van der Waals surface area contributed by atoms with Gasteiger partial charge in [0.15, 0.2) is 11.6 Å². The van der Waals surface area contributed by atoms with Crippen LogP contribution in [-0.2, 0) is 22.4 Å². The average molecular weight is 406 g/mol. The van der Waals surface area contributed by atoms with Crippen molar-refractivity contribution in [1.82, 2.24) is 0 Å². The van der Waals surface area contributed by atoms with Crippen LogP contribution >= 0.6 is 11.3 Å². The first kappa shape index (κ1) is 20.6. The van der Waals surface area contributed by atoms with Crippen LogP contribution in [0.25, 0.3) is 0 Å². The van der Waals surface area contributed by atoms with Gasteiger partial charge in [-0.3, -0.25) is 4.79 Å². The maximum Gasteiger partial charge on any atom is 0.339 e. The highest BCUT2D eigenvalue weighted by atomic mass is 32.1. The van der Waals surface area contributed by atoms with Crippen LogP contribution in [0.2, 0.25) is 0 Å². The summed E-state index contributed by atoms with van der Waals surface area (Å²) in [5.41, 5.74) is 1.96. The van der Waals surface area contributed by atoms with Gasteiger partial charge >= 0.3 is 5.97 Å². The van der Waals surface area contributed by atoms with E-state index < -0.39 is 11.6 Å². The van der Waals surface area contributed by atoms with Crippen molar-refractivity contribution in [3.05, 3.63) is 56.8 Å². The van der Waals surface area contributed by atoms with Crippen molar-refractivity contribution in [2.45, 2.75) is 57.8 Å². The van der Waals surface area contributed by atoms with Gasteiger partial charge in [-0.05, 0) is 54.3 Å². The third-order valence-electron chi connectivity index (χ3n) is 5.16. The van der Waals surface area contributed by atoms with Crippen LogP contribution in [0.15, 0.2) is 23.6 Å². The molecule has 3 nitrogen and oxygen atoms in total. The Bertz CT molecular complexity index is 853. The molecule has 28 heavy (non-hydrogen) atoms. The number of carbonyl (C=O) groups is 2. The third kappa shape index (κ3) is 4.85. The first-order valence-electron chi connectivity index (χ1n) is 9.72. The molecule has 0 spiro atoms. The molecular weight excluding hydrogens is 382 g/mol. The molecule has 0 radical (unpaired) electrons. The molecule has 0 saturated heterocycles. The van der Waals surface area contributed by atoms with Crippen molar-refractivity contribution < 1.29 is 23.1 Å². The number of benzene rings is 1. The molecule has 6 heteroatoms. The molecule has 1 aromatic heterocycles. The Balaban J connectivity index is 1.79. The summed E-state index contributed by atoms with van der Waals surface area (Å²) in [6.07, 6.45) is 5.69. The monoisotopic (exact) mass is 406 g/mol. The van der Waals surface area contributed by atoms with Gasteiger partial charge in [-0.15, -0.1) is 11.3 Å². The minimum atomic E-state index is -0.965. The zero-order valence-corrected chi connectivity index (χ0v) is 16.7. The molecule has 1 fully saturated rings. The maximum atomic E-state index is 13.4. The summed E-state index contributed by atoms with van der Waals surface area (Å²) >= 11 is 1.41. The van der Waals surface area contributed by atoms with Gasteiger partial charge < -0.3 is 4.74 Å². The number of ketones is 1. The van der Waals surface area contributed by atoms with Gasteiger partial charge in [0.2, 0.25) is 0 Å². The second-order valence-corrected chi connectivity index (χ2v) is 8.15. The molecule has 150 valence electrons. The lowest BCUT2D eigenvalue weighted by Crippen LogP contribution is -2.15. The molecule has 3 rings (SSSR count). The summed E-state index contributed by atoms with van der Waals surface area (Å²) in [6.45, 7) is 2.04. The Morgan fingerprint density at radius 3 is 2.54 bits per heavy atom. The third-order valence-corrected chi connectivity index (χ3v) is 6.17. The summed E-state index contributed by atoms with van der Waals surface area (Å²) in [7, 11) is 0. The lowest BCUT2D eigenvalue weighted by molar-refractivity contribution is -0.117. The van der Waals surface area contributed by atoms with Crippen LogP contribution in [0.5, 0.6) is 0 Å². The van der Waals surface area contributed by atoms with E-state index in [0.29, 0.717) is 21.9 Å². The molecule has 0 bridgehead atoms.